The maximum atomic E-state index is 13.6. The van der Waals surface area contributed by atoms with Crippen LogP contribution in [0.25, 0.3) is 11.1 Å². The van der Waals surface area contributed by atoms with Crippen molar-refractivity contribution in [3.8, 4) is 11.1 Å². The first-order valence-electron chi connectivity index (χ1n) is 7.47. The number of carbonyl (C=O) groups excluding carboxylic acids is 1. The molecule has 1 heterocycles. The average Bonchev–Trinajstić information content (AvgIpc) is 2.59. The molecule has 0 aliphatic carbocycles. The van der Waals surface area contributed by atoms with Crippen molar-refractivity contribution in [2.45, 2.75) is 0 Å². The molecule has 0 fully saturated rings. The molecule has 6 heteroatoms. The van der Waals surface area contributed by atoms with Gasteiger partial charge in [0.05, 0.1) is 5.56 Å². The predicted molar refractivity (Wildman–Crippen MR) is 91.4 cm³/mol. The predicted octanol–water partition coefficient (Wildman–Crippen LogP) is 3.58. The van der Waals surface area contributed by atoms with Gasteiger partial charge in [-0.2, -0.15) is 0 Å². The smallest absolute Gasteiger partial charge is 0.257 e. The van der Waals surface area contributed by atoms with Gasteiger partial charge in [-0.3, -0.25) is 9.59 Å². The molecule has 0 aliphatic heterocycles. The number of benzene rings is 2. The number of nitrogens with one attached hydrogen (secondary N) is 1. The standard InChI is InChI=1S/C19H14F2N2O2/c1-23-11-13(4-9-18(23)24)19(25)22-17-8-7-15(21)10-16(17)12-2-5-14(20)6-3-12/h2-11H,1H3,(H,22,25). The quantitative estimate of drug-likeness (QED) is 0.792. The van der Waals surface area contributed by atoms with Crippen molar-refractivity contribution in [2.24, 2.45) is 7.05 Å². The number of halogens is 2. The van der Waals surface area contributed by atoms with Crippen LogP contribution in [0.4, 0.5) is 14.5 Å². The first kappa shape index (κ1) is 16.6. The minimum atomic E-state index is -0.473. The molecule has 0 spiro atoms. The number of nitrogens with zero attached hydrogens (tertiary/aromatic N) is 1. The van der Waals surface area contributed by atoms with Crippen LogP contribution >= 0.6 is 0 Å². The Labute approximate surface area is 142 Å². The lowest BCUT2D eigenvalue weighted by Crippen LogP contribution is -2.19. The number of aromatic nitrogens is 1. The van der Waals surface area contributed by atoms with Crippen molar-refractivity contribution in [1.82, 2.24) is 4.57 Å². The Morgan fingerprint density at radius 3 is 2.32 bits per heavy atom. The first-order valence-corrected chi connectivity index (χ1v) is 7.47. The molecule has 4 nitrogen and oxygen atoms in total. The molecule has 0 bridgehead atoms. The molecular weight excluding hydrogens is 326 g/mol. The Hall–Kier alpha value is -3.28. The van der Waals surface area contributed by atoms with Crippen LogP contribution in [-0.2, 0) is 7.05 Å². The molecule has 1 N–H and O–H groups in total. The third-order valence-electron chi connectivity index (χ3n) is 3.73. The Bertz CT molecular complexity index is 995. The fraction of sp³-hybridized carbons (Fsp3) is 0.0526. The number of hydrogen-bond acceptors (Lipinski definition) is 2. The summed E-state index contributed by atoms with van der Waals surface area (Å²) in [6.45, 7) is 0. The Kier molecular flexibility index (Phi) is 4.43. The van der Waals surface area contributed by atoms with E-state index in [2.05, 4.69) is 5.32 Å². The largest absolute Gasteiger partial charge is 0.321 e. The van der Waals surface area contributed by atoms with Gasteiger partial charge in [-0.15, -0.1) is 0 Å². The number of pyridine rings is 1. The molecule has 126 valence electrons. The van der Waals surface area contributed by atoms with Gasteiger partial charge in [0, 0.05) is 30.6 Å². The van der Waals surface area contributed by atoms with E-state index in [1.807, 2.05) is 0 Å². The topological polar surface area (TPSA) is 51.1 Å². The monoisotopic (exact) mass is 340 g/mol. The van der Waals surface area contributed by atoms with Gasteiger partial charge < -0.3 is 9.88 Å². The zero-order valence-corrected chi connectivity index (χ0v) is 13.3. The summed E-state index contributed by atoms with van der Waals surface area (Å²) in [6, 6.07) is 12.2. The van der Waals surface area contributed by atoms with Gasteiger partial charge in [0.1, 0.15) is 11.6 Å². The fourth-order valence-corrected chi connectivity index (χ4v) is 2.42. The highest BCUT2D eigenvalue weighted by Crippen LogP contribution is 2.29. The number of anilines is 1. The third-order valence-corrected chi connectivity index (χ3v) is 3.73. The highest BCUT2D eigenvalue weighted by molar-refractivity contribution is 6.06. The fourth-order valence-electron chi connectivity index (χ4n) is 2.42. The second kappa shape index (κ2) is 6.68. The molecule has 1 amide bonds. The van der Waals surface area contributed by atoms with E-state index in [1.54, 1.807) is 7.05 Å². The van der Waals surface area contributed by atoms with Crippen LogP contribution in [0.5, 0.6) is 0 Å². The molecule has 0 atom stereocenters. The Morgan fingerprint density at radius 2 is 1.64 bits per heavy atom. The van der Waals surface area contributed by atoms with Crippen LogP contribution in [0.15, 0.2) is 65.6 Å². The van der Waals surface area contributed by atoms with Crippen molar-refractivity contribution < 1.29 is 13.6 Å². The van der Waals surface area contributed by atoms with Crippen molar-refractivity contribution in [1.29, 1.82) is 0 Å². The lowest BCUT2D eigenvalue weighted by molar-refractivity contribution is 0.102. The summed E-state index contributed by atoms with van der Waals surface area (Å²) in [5.74, 6) is -1.32. The van der Waals surface area contributed by atoms with Gasteiger partial charge in [-0.1, -0.05) is 12.1 Å². The molecule has 0 saturated carbocycles. The lowest BCUT2D eigenvalue weighted by atomic mass is 10.0. The van der Waals surface area contributed by atoms with E-state index in [0.29, 0.717) is 16.8 Å². The van der Waals surface area contributed by atoms with E-state index in [0.717, 1.165) is 0 Å². The lowest BCUT2D eigenvalue weighted by Gasteiger charge is -2.12. The first-order chi connectivity index (χ1) is 11.9. The highest BCUT2D eigenvalue weighted by Gasteiger charge is 2.12. The SMILES string of the molecule is Cn1cc(C(=O)Nc2ccc(F)cc2-c2ccc(F)cc2)ccc1=O. The van der Waals surface area contributed by atoms with Crippen molar-refractivity contribution in [3.63, 3.8) is 0 Å². The van der Waals surface area contributed by atoms with Crippen LogP contribution in [0, 0.1) is 11.6 Å². The normalized spacial score (nSPS) is 10.5. The molecule has 0 saturated heterocycles. The molecule has 1 aromatic heterocycles. The van der Waals surface area contributed by atoms with E-state index in [1.165, 1.54) is 65.4 Å². The van der Waals surface area contributed by atoms with E-state index < -0.39 is 17.5 Å². The number of carbonyl (C=O) groups is 1. The summed E-state index contributed by atoms with van der Waals surface area (Å²) in [5.41, 5.74) is 1.43. The van der Waals surface area contributed by atoms with Gasteiger partial charge >= 0.3 is 0 Å². The minimum absolute atomic E-state index is 0.231. The van der Waals surface area contributed by atoms with Crippen molar-refractivity contribution in [3.05, 3.63) is 88.3 Å². The van der Waals surface area contributed by atoms with Gasteiger partial charge in [0.2, 0.25) is 5.56 Å². The van der Waals surface area contributed by atoms with Gasteiger partial charge in [-0.25, -0.2) is 8.78 Å². The molecule has 3 aromatic rings. The van der Waals surface area contributed by atoms with Crippen LogP contribution in [-0.4, -0.2) is 10.5 Å². The maximum Gasteiger partial charge on any atom is 0.257 e. The van der Waals surface area contributed by atoms with Crippen LogP contribution in [0.3, 0.4) is 0 Å². The number of hydrogen-bond donors (Lipinski definition) is 1. The van der Waals surface area contributed by atoms with E-state index >= 15 is 0 Å². The summed E-state index contributed by atoms with van der Waals surface area (Å²) in [4.78, 5) is 23.8. The zero-order chi connectivity index (χ0) is 18.0. The summed E-state index contributed by atoms with van der Waals surface area (Å²) in [5, 5.41) is 2.70. The van der Waals surface area contributed by atoms with Gasteiger partial charge in [0.25, 0.3) is 5.91 Å². The zero-order valence-electron chi connectivity index (χ0n) is 13.3. The second-order valence-electron chi connectivity index (χ2n) is 5.52. The Morgan fingerprint density at radius 1 is 0.960 bits per heavy atom. The summed E-state index contributed by atoms with van der Waals surface area (Å²) >= 11 is 0. The number of rotatable bonds is 3. The minimum Gasteiger partial charge on any atom is -0.321 e. The van der Waals surface area contributed by atoms with Crippen LogP contribution in [0.2, 0.25) is 0 Å². The summed E-state index contributed by atoms with van der Waals surface area (Å²) < 4.78 is 28.0. The highest BCUT2D eigenvalue weighted by atomic mass is 19.1. The van der Waals surface area contributed by atoms with Crippen molar-refractivity contribution in [2.75, 3.05) is 5.32 Å². The second-order valence-corrected chi connectivity index (χ2v) is 5.52. The Balaban J connectivity index is 1.97. The molecule has 2 aromatic carbocycles. The van der Waals surface area contributed by atoms with Gasteiger partial charge in [0.15, 0.2) is 0 Å². The van der Waals surface area contributed by atoms with E-state index in [9.17, 15) is 18.4 Å². The molecular formula is C19H14F2N2O2. The summed E-state index contributed by atoms with van der Waals surface area (Å²) in [6.07, 6.45) is 1.42. The third kappa shape index (κ3) is 3.63. The summed E-state index contributed by atoms with van der Waals surface area (Å²) in [7, 11) is 1.54. The number of aryl methyl sites for hydroxylation is 1. The van der Waals surface area contributed by atoms with E-state index in [4.69, 9.17) is 0 Å². The molecule has 0 unspecified atom stereocenters. The molecule has 0 aliphatic rings. The molecule has 3 rings (SSSR count). The molecule has 25 heavy (non-hydrogen) atoms. The number of amides is 1. The van der Waals surface area contributed by atoms with Crippen molar-refractivity contribution >= 4 is 11.6 Å². The van der Waals surface area contributed by atoms with Crippen LogP contribution < -0.4 is 10.9 Å². The van der Waals surface area contributed by atoms with E-state index in [-0.39, 0.29) is 11.1 Å². The maximum absolute atomic E-state index is 13.6. The molecule has 0 radical (unpaired) electrons. The average molecular weight is 340 g/mol. The van der Waals surface area contributed by atoms with Crippen LogP contribution in [0.1, 0.15) is 10.4 Å². The van der Waals surface area contributed by atoms with Gasteiger partial charge in [-0.05, 0) is 42.0 Å².